The first kappa shape index (κ1) is 18.7. The van der Waals surface area contributed by atoms with Crippen LogP contribution in [0.25, 0.3) is 0 Å². The van der Waals surface area contributed by atoms with E-state index in [4.69, 9.17) is 14.2 Å². The zero-order chi connectivity index (χ0) is 18.3. The SMILES string of the molecule is COc1ccc(NC(=O)c2ccc(OCCOC(C)(C)C)nc2)cc1. The standard InChI is InChI=1S/C19H24N2O4/c1-19(2,3)25-12-11-24-17-10-5-14(13-20-17)18(22)21-15-6-8-16(23-4)9-7-15/h5-10,13H,11-12H2,1-4H3,(H,21,22). The van der Waals surface area contributed by atoms with Crippen molar-refractivity contribution in [3.63, 3.8) is 0 Å². The Hall–Kier alpha value is -2.60. The molecule has 0 radical (unpaired) electrons. The van der Waals surface area contributed by atoms with Crippen molar-refractivity contribution < 1.29 is 19.0 Å². The summed E-state index contributed by atoms with van der Waals surface area (Å²) in [6.07, 6.45) is 1.48. The summed E-state index contributed by atoms with van der Waals surface area (Å²) < 4.78 is 16.2. The maximum absolute atomic E-state index is 12.2. The smallest absolute Gasteiger partial charge is 0.257 e. The van der Waals surface area contributed by atoms with Crippen molar-refractivity contribution in [3.05, 3.63) is 48.2 Å². The number of carbonyl (C=O) groups excluding carboxylic acids is 1. The molecule has 6 heteroatoms. The highest BCUT2D eigenvalue weighted by Gasteiger charge is 2.10. The molecule has 0 saturated carbocycles. The molecule has 1 aromatic carbocycles. The Labute approximate surface area is 148 Å². The molecule has 0 unspecified atom stereocenters. The van der Waals surface area contributed by atoms with Crippen molar-refractivity contribution in [1.29, 1.82) is 0 Å². The minimum atomic E-state index is -0.236. The number of hydrogen-bond donors (Lipinski definition) is 1. The molecule has 25 heavy (non-hydrogen) atoms. The maximum atomic E-state index is 12.2. The number of aromatic nitrogens is 1. The first-order valence-corrected chi connectivity index (χ1v) is 8.05. The largest absolute Gasteiger partial charge is 0.497 e. The zero-order valence-corrected chi connectivity index (χ0v) is 15.0. The predicted octanol–water partition coefficient (Wildman–Crippen LogP) is 3.54. The van der Waals surface area contributed by atoms with Gasteiger partial charge in [0.25, 0.3) is 5.91 Å². The molecule has 0 bridgehead atoms. The van der Waals surface area contributed by atoms with Crippen LogP contribution >= 0.6 is 0 Å². The lowest BCUT2D eigenvalue weighted by Gasteiger charge is -2.19. The average Bonchev–Trinajstić information content (AvgIpc) is 2.59. The summed E-state index contributed by atoms with van der Waals surface area (Å²) in [6, 6.07) is 10.5. The third-order valence-electron chi connectivity index (χ3n) is 3.21. The van der Waals surface area contributed by atoms with E-state index in [2.05, 4.69) is 10.3 Å². The lowest BCUT2D eigenvalue weighted by Crippen LogP contribution is -2.22. The summed E-state index contributed by atoms with van der Waals surface area (Å²) in [7, 11) is 1.60. The van der Waals surface area contributed by atoms with Gasteiger partial charge in [-0.1, -0.05) is 0 Å². The molecular weight excluding hydrogens is 320 g/mol. The molecule has 1 N–H and O–H groups in total. The molecule has 0 atom stereocenters. The van der Waals surface area contributed by atoms with Gasteiger partial charge in [0.1, 0.15) is 12.4 Å². The van der Waals surface area contributed by atoms with E-state index in [1.54, 1.807) is 43.5 Å². The van der Waals surface area contributed by atoms with Crippen molar-refractivity contribution in [2.24, 2.45) is 0 Å². The van der Waals surface area contributed by atoms with Gasteiger partial charge in [-0.05, 0) is 51.1 Å². The fourth-order valence-electron chi connectivity index (χ4n) is 1.97. The van der Waals surface area contributed by atoms with Gasteiger partial charge >= 0.3 is 0 Å². The molecule has 0 aliphatic heterocycles. The van der Waals surface area contributed by atoms with Crippen LogP contribution in [0.3, 0.4) is 0 Å². The Morgan fingerprint density at radius 3 is 2.36 bits per heavy atom. The number of pyridine rings is 1. The predicted molar refractivity (Wildman–Crippen MR) is 96.4 cm³/mol. The number of carbonyl (C=O) groups is 1. The van der Waals surface area contributed by atoms with E-state index < -0.39 is 0 Å². The monoisotopic (exact) mass is 344 g/mol. The van der Waals surface area contributed by atoms with E-state index in [1.807, 2.05) is 20.8 Å². The molecule has 1 aromatic heterocycles. The van der Waals surface area contributed by atoms with Crippen LogP contribution < -0.4 is 14.8 Å². The third-order valence-corrected chi connectivity index (χ3v) is 3.21. The summed E-state index contributed by atoms with van der Waals surface area (Å²) in [5, 5.41) is 2.80. The van der Waals surface area contributed by atoms with E-state index in [0.717, 1.165) is 5.75 Å². The van der Waals surface area contributed by atoms with Crippen molar-refractivity contribution in [2.45, 2.75) is 26.4 Å². The lowest BCUT2D eigenvalue weighted by molar-refractivity contribution is -0.0168. The van der Waals surface area contributed by atoms with Gasteiger partial charge in [-0.15, -0.1) is 0 Å². The van der Waals surface area contributed by atoms with Gasteiger partial charge in [-0.2, -0.15) is 0 Å². The van der Waals surface area contributed by atoms with Crippen LogP contribution in [-0.2, 0) is 4.74 Å². The van der Waals surface area contributed by atoms with Gasteiger partial charge in [-0.25, -0.2) is 4.98 Å². The van der Waals surface area contributed by atoms with Crippen molar-refractivity contribution >= 4 is 11.6 Å². The van der Waals surface area contributed by atoms with Gasteiger partial charge in [0.05, 0.1) is 24.9 Å². The number of nitrogens with one attached hydrogen (secondary N) is 1. The summed E-state index contributed by atoms with van der Waals surface area (Å²) in [4.78, 5) is 16.4. The van der Waals surface area contributed by atoms with Gasteiger partial charge in [0.2, 0.25) is 5.88 Å². The Morgan fingerprint density at radius 1 is 1.08 bits per heavy atom. The van der Waals surface area contributed by atoms with Crippen molar-refractivity contribution in [2.75, 3.05) is 25.6 Å². The summed E-state index contributed by atoms with van der Waals surface area (Å²) in [5.41, 5.74) is 0.944. The van der Waals surface area contributed by atoms with Gasteiger partial charge in [0.15, 0.2) is 0 Å². The normalized spacial score (nSPS) is 11.0. The molecule has 6 nitrogen and oxygen atoms in total. The minimum absolute atomic E-state index is 0.194. The first-order chi connectivity index (χ1) is 11.9. The molecular formula is C19H24N2O4. The van der Waals surface area contributed by atoms with Crippen LogP contribution in [0, 0.1) is 0 Å². The quantitative estimate of drug-likeness (QED) is 0.778. The van der Waals surface area contributed by atoms with Crippen LogP contribution in [0.4, 0.5) is 5.69 Å². The summed E-state index contributed by atoms with van der Waals surface area (Å²) in [6.45, 7) is 6.84. The number of rotatable bonds is 7. The molecule has 134 valence electrons. The summed E-state index contributed by atoms with van der Waals surface area (Å²) in [5.74, 6) is 0.954. The van der Waals surface area contributed by atoms with Gasteiger partial charge < -0.3 is 19.5 Å². The second-order valence-electron chi connectivity index (χ2n) is 6.38. The summed E-state index contributed by atoms with van der Waals surface area (Å²) >= 11 is 0. The van der Waals surface area contributed by atoms with Crippen LogP contribution in [-0.4, -0.2) is 36.8 Å². The average molecular weight is 344 g/mol. The van der Waals surface area contributed by atoms with E-state index in [9.17, 15) is 4.79 Å². The zero-order valence-electron chi connectivity index (χ0n) is 15.0. The van der Waals surface area contributed by atoms with Crippen molar-refractivity contribution in [1.82, 2.24) is 4.98 Å². The third kappa shape index (κ3) is 6.43. The van der Waals surface area contributed by atoms with Crippen molar-refractivity contribution in [3.8, 4) is 11.6 Å². The number of nitrogens with zero attached hydrogens (tertiary/aromatic N) is 1. The van der Waals surface area contributed by atoms with E-state index >= 15 is 0 Å². The van der Waals surface area contributed by atoms with Gasteiger partial charge in [0, 0.05) is 18.0 Å². The molecule has 1 heterocycles. The van der Waals surface area contributed by atoms with Gasteiger partial charge in [-0.3, -0.25) is 4.79 Å². The fourth-order valence-corrected chi connectivity index (χ4v) is 1.97. The lowest BCUT2D eigenvalue weighted by atomic mass is 10.2. The molecule has 1 amide bonds. The number of methoxy groups -OCH3 is 1. The van der Waals surface area contributed by atoms with E-state index in [0.29, 0.717) is 30.3 Å². The Kier molecular flexibility index (Phi) is 6.36. The van der Waals surface area contributed by atoms with Crippen LogP contribution in [0.2, 0.25) is 0 Å². The molecule has 2 aromatic rings. The number of hydrogen-bond acceptors (Lipinski definition) is 5. The molecule has 0 saturated heterocycles. The van der Waals surface area contributed by atoms with E-state index in [1.165, 1.54) is 6.20 Å². The Bertz CT molecular complexity index is 676. The number of benzene rings is 1. The second-order valence-corrected chi connectivity index (χ2v) is 6.38. The highest BCUT2D eigenvalue weighted by atomic mass is 16.5. The Balaban J connectivity index is 1.84. The molecule has 2 rings (SSSR count). The van der Waals surface area contributed by atoms with Crippen LogP contribution in [0.1, 0.15) is 31.1 Å². The first-order valence-electron chi connectivity index (χ1n) is 8.05. The molecule has 0 aliphatic rings. The number of ether oxygens (including phenoxy) is 3. The maximum Gasteiger partial charge on any atom is 0.257 e. The topological polar surface area (TPSA) is 69.7 Å². The Morgan fingerprint density at radius 2 is 1.80 bits per heavy atom. The minimum Gasteiger partial charge on any atom is -0.497 e. The highest BCUT2D eigenvalue weighted by Crippen LogP contribution is 2.16. The van der Waals surface area contributed by atoms with Crippen LogP contribution in [0.15, 0.2) is 42.6 Å². The second kappa shape index (κ2) is 8.48. The van der Waals surface area contributed by atoms with E-state index in [-0.39, 0.29) is 11.5 Å². The van der Waals surface area contributed by atoms with Crippen LogP contribution in [0.5, 0.6) is 11.6 Å². The number of anilines is 1. The highest BCUT2D eigenvalue weighted by molar-refractivity contribution is 6.04. The fraction of sp³-hybridized carbons (Fsp3) is 0.368. The molecule has 0 spiro atoms. The molecule has 0 fully saturated rings. The molecule has 0 aliphatic carbocycles. The number of amides is 1.